The third-order valence-corrected chi connectivity index (χ3v) is 2.71. The Morgan fingerprint density at radius 3 is 2.85 bits per heavy atom. The second-order valence-corrected chi connectivity index (χ2v) is 4.16. The van der Waals surface area contributed by atoms with Crippen LogP contribution in [0.25, 0.3) is 0 Å². The summed E-state index contributed by atoms with van der Waals surface area (Å²) in [5.41, 5.74) is 0.391. The molecule has 0 spiro atoms. The van der Waals surface area contributed by atoms with Crippen molar-refractivity contribution in [1.82, 2.24) is 4.98 Å². The lowest BCUT2D eigenvalue weighted by atomic mass is 10.2. The van der Waals surface area contributed by atoms with Crippen LogP contribution in [0.15, 0.2) is 30.3 Å². The first kappa shape index (κ1) is 13.7. The van der Waals surface area contributed by atoms with Crippen LogP contribution < -0.4 is 5.32 Å². The molecule has 1 heterocycles. The van der Waals surface area contributed by atoms with Crippen molar-refractivity contribution >= 4 is 11.4 Å². The molecule has 0 atom stereocenters. The van der Waals surface area contributed by atoms with Gasteiger partial charge in [-0.1, -0.05) is 6.07 Å². The molecular weight excluding hydrogens is 265 g/mol. The first-order chi connectivity index (χ1) is 9.49. The zero-order chi connectivity index (χ0) is 14.7. The maximum atomic E-state index is 13.6. The number of para-hydroxylation sites is 1. The monoisotopic (exact) mass is 277 g/mol. The quantitative estimate of drug-likeness (QED) is 0.662. The van der Waals surface area contributed by atoms with E-state index >= 15 is 0 Å². The van der Waals surface area contributed by atoms with Gasteiger partial charge >= 0.3 is 0 Å². The van der Waals surface area contributed by atoms with Crippen LogP contribution in [0, 0.1) is 22.9 Å². The molecule has 1 aromatic heterocycles. The number of halogens is 1. The third kappa shape index (κ3) is 2.82. The predicted octanol–water partition coefficient (Wildman–Crippen LogP) is 2.76. The molecule has 0 aliphatic carbocycles. The van der Waals surface area contributed by atoms with Gasteiger partial charge in [0.1, 0.15) is 17.1 Å². The number of hydrogen-bond donors (Lipinski definition) is 2. The summed E-state index contributed by atoms with van der Waals surface area (Å²) in [4.78, 5) is 14.3. The summed E-state index contributed by atoms with van der Waals surface area (Å²) in [5, 5.41) is 23.1. The van der Waals surface area contributed by atoms with E-state index in [4.69, 9.17) is 0 Å². The van der Waals surface area contributed by atoms with E-state index in [1.54, 1.807) is 13.0 Å². The summed E-state index contributed by atoms with van der Waals surface area (Å²) in [6.45, 7) is 1.73. The van der Waals surface area contributed by atoms with Gasteiger partial charge in [0.05, 0.1) is 11.5 Å². The van der Waals surface area contributed by atoms with Crippen LogP contribution in [0.3, 0.4) is 0 Å². The fourth-order valence-electron chi connectivity index (χ4n) is 1.75. The van der Waals surface area contributed by atoms with E-state index in [0.29, 0.717) is 11.4 Å². The number of nitrogens with zero attached hydrogens (tertiary/aromatic N) is 2. The van der Waals surface area contributed by atoms with Gasteiger partial charge in [0, 0.05) is 11.8 Å². The lowest BCUT2D eigenvalue weighted by Gasteiger charge is -2.09. The highest BCUT2D eigenvalue weighted by atomic mass is 19.1. The summed E-state index contributed by atoms with van der Waals surface area (Å²) < 4.78 is 13.6. The van der Waals surface area contributed by atoms with Crippen LogP contribution >= 0.6 is 0 Å². The zero-order valence-corrected chi connectivity index (χ0v) is 10.6. The minimum atomic E-state index is -0.730. The van der Waals surface area contributed by atoms with Gasteiger partial charge in [-0.25, -0.2) is 4.39 Å². The van der Waals surface area contributed by atoms with Gasteiger partial charge in [-0.15, -0.1) is 0 Å². The van der Waals surface area contributed by atoms with E-state index in [1.807, 2.05) is 0 Å². The number of anilines is 1. The second-order valence-electron chi connectivity index (χ2n) is 4.16. The van der Waals surface area contributed by atoms with E-state index in [-0.39, 0.29) is 23.7 Å². The second kappa shape index (κ2) is 5.52. The minimum Gasteiger partial charge on any atom is -0.506 e. The molecule has 2 aromatic rings. The van der Waals surface area contributed by atoms with Crippen molar-refractivity contribution in [3.8, 4) is 5.75 Å². The van der Waals surface area contributed by atoms with Crippen LogP contribution in [0.5, 0.6) is 5.75 Å². The Hall–Kier alpha value is -2.70. The lowest BCUT2D eigenvalue weighted by Crippen LogP contribution is -2.06. The van der Waals surface area contributed by atoms with Crippen molar-refractivity contribution in [3.05, 3.63) is 57.7 Å². The third-order valence-electron chi connectivity index (χ3n) is 2.71. The summed E-state index contributed by atoms with van der Waals surface area (Å²) in [7, 11) is 0. The minimum absolute atomic E-state index is 0.0186. The molecule has 7 heteroatoms. The van der Waals surface area contributed by atoms with Crippen molar-refractivity contribution in [2.24, 2.45) is 0 Å². The first-order valence-electron chi connectivity index (χ1n) is 5.81. The van der Waals surface area contributed by atoms with E-state index in [2.05, 4.69) is 10.3 Å². The number of benzene rings is 1. The number of aromatic nitrogens is 1. The van der Waals surface area contributed by atoms with Crippen LogP contribution in [-0.2, 0) is 6.54 Å². The van der Waals surface area contributed by atoms with Gasteiger partial charge in [0.15, 0.2) is 5.82 Å². The number of aryl methyl sites for hydroxylation is 1. The van der Waals surface area contributed by atoms with E-state index in [0.717, 1.165) is 6.07 Å². The maximum Gasteiger partial charge on any atom is 0.295 e. The van der Waals surface area contributed by atoms with Gasteiger partial charge in [-0.05, 0) is 25.1 Å². The lowest BCUT2D eigenvalue weighted by molar-refractivity contribution is -0.384. The maximum absolute atomic E-state index is 13.6. The molecule has 2 N–H and O–H groups in total. The SMILES string of the molecule is Cc1ccc(O)c(CNc2c(F)cccc2[N+](=O)[O-])n1. The van der Waals surface area contributed by atoms with Crippen LogP contribution in [0.1, 0.15) is 11.4 Å². The number of aromatic hydroxyl groups is 1. The van der Waals surface area contributed by atoms with Crippen molar-refractivity contribution in [2.45, 2.75) is 13.5 Å². The van der Waals surface area contributed by atoms with E-state index < -0.39 is 10.7 Å². The van der Waals surface area contributed by atoms with E-state index in [9.17, 15) is 19.6 Å². The molecule has 0 saturated carbocycles. The molecule has 0 amide bonds. The molecular formula is C13H12FN3O3. The van der Waals surface area contributed by atoms with Gasteiger partial charge in [-0.3, -0.25) is 15.1 Å². The molecule has 0 aliphatic heterocycles. The largest absolute Gasteiger partial charge is 0.506 e. The average Bonchev–Trinajstić information content (AvgIpc) is 2.40. The number of rotatable bonds is 4. The Kier molecular flexibility index (Phi) is 3.79. The van der Waals surface area contributed by atoms with Gasteiger partial charge in [-0.2, -0.15) is 0 Å². The van der Waals surface area contributed by atoms with Crippen LogP contribution in [-0.4, -0.2) is 15.0 Å². The summed E-state index contributed by atoms with van der Waals surface area (Å²) >= 11 is 0. The molecule has 6 nitrogen and oxygen atoms in total. The highest BCUT2D eigenvalue weighted by Crippen LogP contribution is 2.28. The van der Waals surface area contributed by atoms with Crippen molar-refractivity contribution in [1.29, 1.82) is 0 Å². The smallest absolute Gasteiger partial charge is 0.295 e. The van der Waals surface area contributed by atoms with Crippen molar-refractivity contribution in [3.63, 3.8) is 0 Å². The summed E-state index contributed by atoms with van der Waals surface area (Å²) in [5.74, 6) is -0.784. The Morgan fingerprint density at radius 1 is 1.40 bits per heavy atom. The number of nitro groups is 1. The summed E-state index contributed by atoms with van der Waals surface area (Å²) in [6.07, 6.45) is 0. The van der Waals surface area contributed by atoms with E-state index in [1.165, 1.54) is 18.2 Å². The van der Waals surface area contributed by atoms with Crippen LogP contribution in [0.2, 0.25) is 0 Å². The molecule has 104 valence electrons. The van der Waals surface area contributed by atoms with Gasteiger partial charge in [0.25, 0.3) is 5.69 Å². The van der Waals surface area contributed by atoms with Gasteiger partial charge in [0.2, 0.25) is 0 Å². The van der Waals surface area contributed by atoms with Gasteiger partial charge < -0.3 is 10.4 Å². The standard InChI is InChI=1S/C13H12FN3O3/c1-8-5-6-12(18)10(16-8)7-15-13-9(14)3-2-4-11(13)17(19)20/h2-6,15,18H,7H2,1H3. The molecule has 0 fully saturated rings. The highest BCUT2D eigenvalue weighted by Gasteiger charge is 2.18. The Bertz CT molecular complexity index is 661. The molecule has 0 bridgehead atoms. The molecule has 0 saturated heterocycles. The Morgan fingerprint density at radius 2 is 2.15 bits per heavy atom. The molecule has 1 aromatic carbocycles. The number of hydrogen-bond acceptors (Lipinski definition) is 5. The normalized spacial score (nSPS) is 10.3. The molecule has 2 rings (SSSR count). The topological polar surface area (TPSA) is 88.3 Å². The molecule has 20 heavy (non-hydrogen) atoms. The Labute approximate surface area is 114 Å². The summed E-state index contributed by atoms with van der Waals surface area (Å²) in [6, 6.07) is 6.69. The fraction of sp³-hybridized carbons (Fsp3) is 0.154. The molecule has 0 unspecified atom stereocenters. The number of nitrogens with one attached hydrogen (secondary N) is 1. The molecule has 0 radical (unpaired) electrons. The first-order valence-corrected chi connectivity index (χ1v) is 5.81. The molecule has 0 aliphatic rings. The highest BCUT2D eigenvalue weighted by molar-refractivity contribution is 5.62. The van der Waals surface area contributed by atoms with Crippen molar-refractivity contribution in [2.75, 3.05) is 5.32 Å². The number of nitro benzene ring substituents is 1. The predicted molar refractivity (Wildman–Crippen MR) is 71.0 cm³/mol. The zero-order valence-electron chi connectivity index (χ0n) is 10.6. The average molecular weight is 277 g/mol. The Balaban J connectivity index is 2.27. The number of pyridine rings is 1. The fourth-order valence-corrected chi connectivity index (χ4v) is 1.75. The van der Waals surface area contributed by atoms with Crippen LogP contribution in [0.4, 0.5) is 15.8 Å². The van der Waals surface area contributed by atoms with Crippen molar-refractivity contribution < 1.29 is 14.4 Å².